The van der Waals surface area contributed by atoms with Gasteiger partial charge in [0, 0.05) is 36.5 Å². The number of hydrogen-bond donors (Lipinski definition) is 0. The Morgan fingerprint density at radius 1 is 1.47 bits per heavy atom. The highest BCUT2D eigenvalue weighted by Crippen LogP contribution is 2.41. The summed E-state index contributed by atoms with van der Waals surface area (Å²) < 4.78 is 0. The van der Waals surface area contributed by atoms with Gasteiger partial charge in [-0.1, -0.05) is 6.92 Å². The van der Waals surface area contributed by atoms with Crippen LogP contribution in [0.3, 0.4) is 0 Å². The summed E-state index contributed by atoms with van der Waals surface area (Å²) in [6.07, 6.45) is 6.89. The van der Waals surface area contributed by atoms with Crippen molar-refractivity contribution in [2.45, 2.75) is 57.2 Å². The fourth-order valence-corrected chi connectivity index (χ4v) is 4.25. The second-order valence-corrected chi connectivity index (χ2v) is 6.00. The van der Waals surface area contributed by atoms with Crippen LogP contribution in [0, 0.1) is 0 Å². The summed E-state index contributed by atoms with van der Waals surface area (Å²) in [6.45, 7) is 2.22. The molecular formula is C13H18N2OS. The number of carbonyl (C=O) groups excluding carboxylic acids is 1. The summed E-state index contributed by atoms with van der Waals surface area (Å²) in [5.41, 5.74) is 0. The van der Waals surface area contributed by atoms with Gasteiger partial charge < -0.3 is 0 Å². The van der Waals surface area contributed by atoms with Gasteiger partial charge in [-0.2, -0.15) is 0 Å². The van der Waals surface area contributed by atoms with Gasteiger partial charge in [-0.25, -0.2) is 4.98 Å². The van der Waals surface area contributed by atoms with E-state index in [1.807, 2.05) is 6.20 Å². The highest BCUT2D eigenvalue weighted by molar-refractivity contribution is 7.09. The van der Waals surface area contributed by atoms with E-state index in [0.29, 0.717) is 23.9 Å². The summed E-state index contributed by atoms with van der Waals surface area (Å²) in [7, 11) is 0. The van der Waals surface area contributed by atoms with Crippen molar-refractivity contribution >= 4 is 17.1 Å². The lowest BCUT2D eigenvalue weighted by molar-refractivity contribution is -0.124. The molecule has 0 saturated carbocycles. The Bertz CT molecular complexity index is 388. The molecular weight excluding hydrogens is 232 g/mol. The summed E-state index contributed by atoms with van der Waals surface area (Å²) in [5.74, 6) is 0.461. The van der Waals surface area contributed by atoms with Crippen LogP contribution in [0.5, 0.6) is 0 Å². The Morgan fingerprint density at radius 2 is 2.18 bits per heavy atom. The molecule has 2 aliphatic rings. The largest absolute Gasteiger partial charge is 0.300 e. The Hall–Kier alpha value is -0.740. The van der Waals surface area contributed by atoms with Gasteiger partial charge in [-0.3, -0.25) is 9.69 Å². The SMILES string of the molecule is CCC(c1nccs1)N1C2CCC1CC(=O)C2. The van der Waals surface area contributed by atoms with E-state index in [-0.39, 0.29) is 0 Å². The third-order valence-electron chi connectivity index (χ3n) is 4.09. The number of piperidine rings is 1. The fourth-order valence-electron chi connectivity index (χ4n) is 3.43. The van der Waals surface area contributed by atoms with E-state index < -0.39 is 0 Å². The van der Waals surface area contributed by atoms with E-state index in [1.165, 1.54) is 17.8 Å². The molecule has 0 spiro atoms. The number of nitrogens with zero attached hydrogens (tertiary/aromatic N) is 2. The van der Waals surface area contributed by atoms with Crippen LogP contribution in [-0.4, -0.2) is 27.8 Å². The topological polar surface area (TPSA) is 33.2 Å². The van der Waals surface area contributed by atoms with Crippen molar-refractivity contribution < 1.29 is 4.79 Å². The number of Topliss-reactive ketones (excluding diaryl/α,β-unsaturated/α-hetero) is 1. The van der Waals surface area contributed by atoms with Gasteiger partial charge in [-0.05, 0) is 19.3 Å². The molecule has 92 valence electrons. The van der Waals surface area contributed by atoms with Gasteiger partial charge in [-0.15, -0.1) is 11.3 Å². The van der Waals surface area contributed by atoms with Crippen LogP contribution >= 0.6 is 11.3 Å². The number of hydrogen-bond acceptors (Lipinski definition) is 4. The van der Waals surface area contributed by atoms with Gasteiger partial charge >= 0.3 is 0 Å². The van der Waals surface area contributed by atoms with Crippen LogP contribution < -0.4 is 0 Å². The standard InChI is InChI=1S/C13H18N2OS/c1-2-12(13-14-5-6-17-13)15-9-3-4-10(15)8-11(16)7-9/h5-6,9-10,12H,2-4,7-8H2,1H3. The number of aromatic nitrogens is 1. The molecule has 0 N–H and O–H groups in total. The Balaban J connectivity index is 1.86. The lowest BCUT2D eigenvalue weighted by Crippen LogP contribution is -2.45. The molecule has 0 radical (unpaired) electrons. The molecule has 0 aromatic carbocycles. The minimum atomic E-state index is 0.431. The van der Waals surface area contributed by atoms with E-state index in [0.717, 1.165) is 19.3 Å². The van der Waals surface area contributed by atoms with Gasteiger partial charge in [0.2, 0.25) is 0 Å². The van der Waals surface area contributed by atoms with Gasteiger partial charge in [0.1, 0.15) is 10.8 Å². The molecule has 2 aliphatic heterocycles. The number of thiazole rings is 1. The normalized spacial score (nSPS) is 30.8. The van der Waals surface area contributed by atoms with Crippen LogP contribution in [0.15, 0.2) is 11.6 Å². The highest BCUT2D eigenvalue weighted by atomic mass is 32.1. The molecule has 2 saturated heterocycles. The van der Waals surface area contributed by atoms with E-state index >= 15 is 0 Å². The zero-order chi connectivity index (χ0) is 11.8. The van der Waals surface area contributed by atoms with Gasteiger partial charge in [0.15, 0.2) is 0 Å². The molecule has 3 rings (SSSR count). The van der Waals surface area contributed by atoms with E-state index in [9.17, 15) is 4.79 Å². The number of rotatable bonds is 3. The lowest BCUT2D eigenvalue weighted by atomic mass is 9.98. The second-order valence-electron chi connectivity index (χ2n) is 5.07. The monoisotopic (exact) mass is 250 g/mol. The third-order valence-corrected chi connectivity index (χ3v) is 4.96. The van der Waals surface area contributed by atoms with Gasteiger partial charge in [0.25, 0.3) is 0 Å². The molecule has 2 bridgehead atoms. The molecule has 2 fully saturated rings. The molecule has 0 amide bonds. The third kappa shape index (κ3) is 1.93. The minimum Gasteiger partial charge on any atom is -0.300 e. The van der Waals surface area contributed by atoms with E-state index in [1.54, 1.807) is 11.3 Å². The predicted octanol–water partition coefficient (Wildman–Crippen LogP) is 2.79. The predicted molar refractivity (Wildman–Crippen MR) is 68.0 cm³/mol. The average Bonchev–Trinajstić information content (AvgIpc) is 2.90. The maximum atomic E-state index is 11.6. The van der Waals surface area contributed by atoms with Crippen molar-refractivity contribution in [1.82, 2.24) is 9.88 Å². The maximum absolute atomic E-state index is 11.6. The van der Waals surface area contributed by atoms with E-state index in [4.69, 9.17) is 0 Å². The first-order valence-corrected chi connectivity index (χ1v) is 7.36. The number of fused-ring (bicyclic) bond motifs is 2. The molecule has 3 heterocycles. The van der Waals surface area contributed by atoms with Crippen LogP contribution in [0.25, 0.3) is 0 Å². The second kappa shape index (κ2) is 4.50. The molecule has 1 aromatic rings. The van der Waals surface area contributed by atoms with Crippen LogP contribution in [-0.2, 0) is 4.79 Å². The summed E-state index contributed by atoms with van der Waals surface area (Å²) in [4.78, 5) is 18.7. The fraction of sp³-hybridized carbons (Fsp3) is 0.692. The minimum absolute atomic E-state index is 0.431. The Kier molecular flexibility index (Phi) is 3.01. The average molecular weight is 250 g/mol. The molecule has 17 heavy (non-hydrogen) atoms. The summed E-state index contributed by atoms with van der Waals surface area (Å²) >= 11 is 1.74. The quantitative estimate of drug-likeness (QED) is 0.827. The molecule has 3 nitrogen and oxygen atoms in total. The maximum Gasteiger partial charge on any atom is 0.136 e. The number of carbonyl (C=O) groups is 1. The Morgan fingerprint density at radius 3 is 2.71 bits per heavy atom. The molecule has 1 aromatic heterocycles. The smallest absolute Gasteiger partial charge is 0.136 e. The van der Waals surface area contributed by atoms with Crippen molar-refractivity contribution in [3.05, 3.63) is 16.6 Å². The van der Waals surface area contributed by atoms with Crippen molar-refractivity contribution in [3.8, 4) is 0 Å². The lowest BCUT2D eigenvalue weighted by Gasteiger charge is -2.39. The molecule has 3 unspecified atom stereocenters. The first-order valence-electron chi connectivity index (χ1n) is 6.48. The van der Waals surface area contributed by atoms with Crippen molar-refractivity contribution in [2.24, 2.45) is 0 Å². The number of ketones is 1. The molecule has 0 aliphatic carbocycles. The van der Waals surface area contributed by atoms with Crippen LogP contribution in [0.1, 0.15) is 50.1 Å². The zero-order valence-corrected chi connectivity index (χ0v) is 10.9. The molecule has 4 heteroatoms. The summed E-state index contributed by atoms with van der Waals surface area (Å²) in [5, 5.41) is 3.27. The first kappa shape index (κ1) is 11.4. The van der Waals surface area contributed by atoms with E-state index in [2.05, 4.69) is 22.2 Å². The van der Waals surface area contributed by atoms with Crippen molar-refractivity contribution in [1.29, 1.82) is 0 Å². The van der Waals surface area contributed by atoms with Crippen LogP contribution in [0.2, 0.25) is 0 Å². The molecule has 3 atom stereocenters. The van der Waals surface area contributed by atoms with Crippen molar-refractivity contribution in [2.75, 3.05) is 0 Å². The van der Waals surface area contributed by atoms with Crippen molar-refractivity contribution in [3.63, 3.8) is 0 Å². The first-order chi connectivity index (χ1) is 8.29. The highest BCUT2D eigenvalue weighted by Gasteiger charge is 2.43. The Labute approximate surface area is 106 Å². The zero-order valence-electron chi connectivity index (χ0n) is 10.1. The van der Waals surface area contributed by atoms with Crippen LogP contribution in [0.4, 0.5) is 0 Å². The summed E-state index contributed by atoms with van der Waals surface area (Å²) in [6, 6.07) is 1.39. The van der Waals surface area contributed by atoms with Gasteiger partial charge in [0.05, 0.1) is 6.04 Å².